The van der Waals surface area contributed by atoms with Gasteiger partial charge in [-0.1, -0.05) is 12.1 Å². The number of ether oxygens (including phenoxy) is 2. The quantitative estimate of drug-likeness (QED) is 0.603. The van der Waals surface area contributed by atoms with Gasteiger partial charge < -0.3 is 14.6 Å². The van der Waals surface area contributed by atoms with E-state index in [9.17, 15) is 9.59 Å². The van der Waals surface area contributed by atoms with Gasteiger partial charge in [0.2, 0.25) is 0 Å². The maximum absolute atomic E-state index is 11.1. The van der Waals surface area contributed by atoms with Crippen molar-refractivity contribution in [3.05, 3.63) is 35.9 Å². The summed E-state index contributed by atoms with van der Waals surface area (Å²) in [5.74, 6) is -0.745. The number of carbonyl (C=O) groups excluding carboxylic acids is 1. The number of esters is 1. The number of aliphatic carboxylic acids is 1. The number of carbonyl (C=O) groups is 2. The summed E-state index contributed by atoms with van der Waals surface area (Å²) in [5.41, 5.74) is 0.779. The molecule has 0 radical (unpaired) electrons. The first kappa shape index (κ1) is 14.8. The smallest absolute Gasteiger partial charge is 0.330 e. The van der Waals surface area contributed by atoms with Gasteiger partial charge in [-0.3, -0.25) is 4.79 Å². The predicted octanol–water partition coefficient (Wildman–Crippen LogP) is 2.12. The minimum Gasteiger partial charge on any atom is -0.493 e. The minimum atomic E-state index is -0.904. The molecule has 0 aliphatic rings. The Morgan fingerprint density at radius 3 is 2.84 bits per heavy atom. The van der Waals surface area contributed by atoms with Crippen molar-refractivity contribution in [1.29, 1.82) is 0 Å². The highest BCUT2D eigenvalue weighted by atomic mass is 16.5. The summed E-state index contributed by atoms with van der Waals surface area (Å²) in [6.07, 6.45) is 2.89. The molecular weight excluding hydrogens is 248 g/mol. The number of carboxylic acid groups (broad SMARTS) is 1. The highest BCUT2D eigenvalue weighted by Gasteiger charge is 1.99. The molecule has 0 atom stereocenters. The first-order valence-electron chi connectivity index (χ1n) is 5.91. The lowest BCUT2D eigenvalue weighted by Crippen LogP contribution is -2.04. The maximum atomic E-state index is 11.1. The van der Waals surface area contributed by atoms with Gasteiger partial charge in [0, 0.05) is 6.08 Å². The lowest BCUT2D eigenvalue weighted by molar-refractivity contribution is -0.138. The van der Waals surface area contributed by atoms with Crippen molar-refractivity contribution in [3.8, 4) is 5.75 Å². The summed E-state index contributed by atoms with van der Waals surface area (Å²) in [4.78, 5) is 21.5. The van der Waals surface area contributed by atoms with E-state index in [1.165, 1.54) is 6.08 Å². The third-order valence-electron chi connectivity index (χ3n) is 2.14. The Kier molecular flexibility index (Phi) is 6.15. The fraction of sp³-hybridized carbons (Fsp3) is 0.286. The Hall–Kier alpha value is -2.30. The van der Waals surface area contributed by atoms with Gasteiger partial charge >= 0.3 is 11.9 Å². The van der Waals surface area contributed by atoms with Gasteiger partial charge in [0.25, 0.3) is 0 Å². The van der Waals surface area contributed by atoms with Gasteiger partial charge in [0.1, 0.15) is 5.75 Å². The summed E-state index contributed by atoms with van der Waals surface area (Å²) in [6.45, 7) is 2.19. The van der Waals surface area contributed by atoms with Crippen LogP contribution in [0.5, 0.6) is 5.75 Å². The molecule has 0 aliphatic heterocycles. The molecule has 0 aromatic heterocycles. The van der Waals surface area contributed by atoms with E-state index in [2.05, 4.69) is 0 Å². The normalized spacial score (nSPS) is 10.4. The van der Waals surface area contributed by atoms with Crippen LogP contribution >= 0.6 is 0 Å². The summed E-state index contributed by atoms with van der Waals surface area (Å²) < 4.78 is 10.0. The van der Waals surface area contributed by atoms with E-state index in [1.807, 2.05) is 0 Å². The van der Waals surface area contributed by atoms with Crippen molar-refractivity contribution in [2.45, 2.75) is 13.3 Å². The molecule has 5 heteroatoms. The Labute approximate surface area is 111 Å². The standard InChI is InChI=1S/C14H16O5/c1-2-18-14(17)7-6-11-4-3-5-12(10-11)19-9-8-13(15)16/h3-7,10H,2,8-9H2,1H3,(H,15,16)/b7-6+. The van der Waals surface area contributed by atoms with Crippen LogP contribution in [0.1, 0.15) is 18.9 Å². The molecule has 0 heterocycles. The second kappa shape index (κ2) is 7.92. The van der Waals surface area contributed by atoms with E-state index < -0.39 is 11.9 Å². The largest absolute Gasteiger partial charge is 0.493 e. The zero-order valence-corrected chi connectivity index (χ0v) is 10.7. The molecule has 0 spiro atoms. The van der Waals surface area contributed by atoms with Gasteiger partial charge in [-0.05, 0) is 30.7 Å². The van der Waals surface area contributed by atoms with Crippen molar-refractivity contribution in [2.75, 3.05) is 13.2 Å². The molecule has 1 N–H and O–H groups in total. The van der Waals surface area contributed by atoms with Crippen molar-refractivity contribution in [3.63, 3.8) is 0 Å². The lowest BCUT2D eigenvalue weighted by atomic mass is 10.2. The second-order valence-corrected chi connectivity index (χ2v) is 3.65. The fourth-order valence-corrected chi connectivity index (χ4v) is 1.32. The van der Waals surface area contributed by atoms with E-state index in [-0.39, 0.29) is 13.0 Å². The first-order valence-corrected chi connectivity index (χ1v) is 5.91. The van der Waals surface area contributed by atoms with Crippen LogP contribution < -0.4 is 4.74 Å². The fourth-order valence-electron chi connectivity index (χ4n) is 1.32. The van der Waals surface area contributed by atoms with Gasteiger partial charge in [0.15, 0.2) is 0 Å². The van der Waals surface area contributed by atoms with E-state index in [4.69, 9.17) is 14.6 Å². The third-order valence-corrected chi connectivity index (χ3v) is 2.14. The lowest BCUT2D eigenvalue weighted by Gasteiger charge is -2.04. The molecule has 0 aliphatic carbocycles. The zero-order valence-electron chi connectivity index (χ0n) is 10.7. The molecule has 102 valence electrons. The second-order valence-electron chi connectivity index (χ2n) is 3.65. The average Bonchev–Trinajstić information content (AvgIpc) is 2.37. The van der Waals surface area contributed by atoms with Crippen LogP contribution in [0.25, 0.3) is 6.08 Å². The van der Waals surface area contributed by atoms with Crippen molar-refractivity contribution < 1.29 is 24.2 Å². The molecular formula is C14H16O5. The van der Waals surface area contributed by atoms with E-state index in [0.717, 1.165) is 5.56 Å². The van der Waals surface area contributed by atoms with Crippen molar-refractivity contribution >= 4 is 18.0 Å². The summed E-state index contributed by atoms with van der Waals surface area (Å²) in [5, 5.41) is 8.50. The molecule has 5 nitrogen and oxygen atoms in total. The number of benzene rings is 1. The molecule has 0 fully saturated rings. The average molecular weight is 264 g/mol. The molecule has 0 saturated heterocycles. The van der Waals surface area contributed by atoms with Crippen LogP contribution in [0, 0.1) is 0 Å². The molecule has 1 aromatic carbocycles. The SMILES string of the molecule is CCOC(=O)/C=C/c1cccc(OCCC(=O)O)c1. The summed E-state index contributed by atoms with van der Waals surface area (Å²) in [6, 6.07) is 7.02. The van der Waals surface area contributed by atoms with E-state index >= 15 is 0 Å². The number of hydrogen-bond acceptors (Lipinski definition) is 4. The Balaban J connectivity index is 2.56. The monoisotopic (exact) mass is 264 g/mol. The number of hydrogen-bond donors (Lipinski definition) is 1. The van der Waals surface area contributed by atoms with Gasteiger partial charge in [-0.2, -0.15) is 0 Å². The Morgan fingerprint density at radius 1 is 1.37 bits per heavy atom. The van der Waals surface area contributed by atoms with Crippen LogP contribution in [0.4, 0.5) is 0 Å². The predicted molar refractivity (Wildman–Crippen MR) is 69.9 cm³/mol. The van der Waals surface area contributed by atoms with Crippen LogP contribution in [-0.4, -0.2) is 30.3 Å². The Morgan fingerprint density at radius 2 is 2.16 bits per heavy atom. The van der Waals surface area contributed by atoms with Crippen LogP contribution in [0.2, 0.25) is 0 Å². The molecule has 0 unspecified atom stereocenters. The van der Waals surface area contributed by atoms with Gasteiger partial charge in [-0.15, -0.1) is 0 Å². The molecule has 1 rings (SSSR count). The van der Waals surface area contributed by atoms with Crippen molar-refractivity contribution in [1.82, 2.24) is 0 Å². The summed E-state index contributed by atoms with van der Waals surface area (Å²) >= 11 is 0. The van der Waals surface area contributed by atoms with Crippen molar-refractivity contribution in [2.24, 2.45) is 0 Å². The molecule has 0 bridgehead atoms. The molecule has 0 saturated carbocycles. The third kappa shape index (κ3) is 6.26. The minimum absolute atomic E-state index is 0.0527. The van der Waals surface area contributed by atoms with E-state index in [0.29, 0.717) is 12.4 Å². The zero-order chi connectivity index (χ0) is 14.1. The highest BCUT2D eigenvalue weighted by molar-refractivity contribution is 5.87. The molecule has 19 heavy (non-hydrogen) atoms. The van der Waals surface area contributed by atoms with Crippen LogP contribution in [0.3, 0.4) is 0 Å². The van der Waals surface area contributed by atoms with Crippen LogP contribution in [0.15, 0.2) is 30.3 Å². The number of rotatable bonds is 7. The van der Waals surface area contributed by atoms with Crippen LogP contribution in [-0.2, 0) is 14.3 Å². The topological polar surface area (TPSA) is 72.8 Å². The van der Waals surface area contributed by atoms with Gasteiger partial charge in [0.05, 0.1) is 19.6 Å². The number of carboxylic acids is 1. The van der Waals surface area contributed by atoms with Gasteiger partial charge in [-0.25, -0.2) is 4.79 Å². The van der Waals surface area contributed by atoms with E-state index in [1.54, 1.807) is 37.3 Å². The molecule has 1 aromatic rings. The molecule has 0 amide bonds. The first-order chi connectivity index (χ1) is 9.11. The Bertz CT molecular complexity index is 465. The highest BCUT2D eigenvalue weighted by Crippen LogP contribution is 2.14. The summed E-state index contributed by atoms with van der Waals surface area (Å²) in [7, 11) is 0. The maximum Gasteiger partial charge on any atom is 0.330 e.